The lowest BCUT2D eigenvalue weighted by molar-refractivity contribution is 0.441. The average Bonchev–Trinajstić information content (AvgIpc) is 3.30. The highest BCUT2D eigenvalue weighted by atomic mass is 15.1. The fourth-order valence-electron chi connectivity index (χ4n) is 4.93. The Bertz CT molecular complexity index is 1060. The van der Waals surface area contributed by atoms with Crippen LogP contribution in [-0.2, 0) is 16.2 Å². The Kier molecular flexibility index (Phi) is 8.24. The van der Waals surface area contributed by atoms with Gasteiger partial charge >= 0.3 is 0 Å². The van der Waals surface area contributed by atoms with Crippen molar-refractivity contribution < 1.29 is 0 Å². The summed E-state index contributed by atoms with van der Waals surface area (Å²) in [5.41, 5.74) is 5.02. The van der Waals surface area contributed by atoms with Gasteiger partial charge in [-0.1, -0.05) is 106 Å². The minimum Gasteiger partial charge on any atom is -0.299 e. The van der Waals surface area contributed by atoms with E-state index in [1.54, 1.807) is 0 Å². The predicted molar refractivity (Wildman–Crippen MR) is 148 cm³/mol. The van der Waals surface area contributed by atoms with E-state index in [-0.39, 0.29) is 16.2 Å². The Hall–Kier alpha value is -2.49. The molecule has 0 spiro atoms. The van der Waals surface area contributed by atoms with Gasteiger partial charge in [0, 0.05) is 30.2 Å². The highest BCUT2D eigenvalue weighted by Crippen LogP contribution is 2.42. The van der Waals surface area contributed by atoms with Crippen LogP contribution in [0.5, 0.6) is 0 Å². The van der Waals surface area contributed by atoms with Crippen LogP contribution in [0.15, 0.2) is 43.0 Å². The minimum atomic E-state index is -0.0830. The zero-order chi connectivity index (χ0) is 25.9. The van der Waals surface area contributed by atoms with Crippen molar-refractivity contribution in [2.75, 3.05) is 0 Å². The monoisotopic (exact) mass is 474 g/mol. The number of rotatable bonds is 10. The smallest absolute Gasteiger partial charge is 0.147 e. The third-order valence-electron chi connectivity index (χ3n) is 7.27. The number of imidazole rings is 1. The number of nitrogens with zero attached hydrogens (tertiary/aromatic N) is 4. The maximum Gasteiger partial charge on any atom is 0.147 e. The van der Waals surface area contributed by atoms with Crippen molar-refractivity contribution in [2.24, 2.45) is 0 Å². The van der Waals surface area contributed by atoms with E-state index >= 15 is 0 Å². The van der Waals surface area contributed by atoms with Gasteiger partial charge in [-0.25, -0.2) is 15.0 Å². The Morgan fingerprint density at radius 2 is 1.26 bits per heavy atom. The van der Waals surface area contributed by atoms with Crippen LogP contribution in [-0.4, -0.2) is 19.5 Å². The molecule has 2 heterocycles. The van der Waals surface area contributed by atoms with E-state index in [1.807, 2.05) is 18.6 Å². The van der Waals surface area contributed by atoms with E-state index < -0.39 is 0 Å². The SMILES string of the molecule is CCCCC(C)(C)c1cccc(C(C)(C)CCCC)c1-n1ccnc1-c1cnc(C(C)(C)C)nc1. The van der Waals surface area contributed by atoms with Crippen LogP contribution in [0.1, 0.15) is 118 Å². The lowest BCUT2D eigenvalue weighted by atomic mass is 9.73. The van der Waals surface area contributed by atoms with Gasteiger partial charge in [-0.05, 0) is 34.8 Å². The van der Waals surface area contributed by atoms with Gasteiger partial charge in [0.25, 0.3) is 0 Å². The molecule has 190 valence electrons. The second kappa shape index (κ2) is 10.6. The maximum atomic E-state index is 4.81. The van der Waals surface area contributed by atoms with Gasteiger partial charge in [0.05, 0.1) is 11.3 Å². The predicted octanol–water partition coefficient (Wildman–Crippen LogP) is 8.56. The Balaban J connectivity index is 2.23. The molecule has 0 aliphatic heterocycles. The molecule has 0 unspecified atom stereocenters. The van der Waals surface area contributed by atoms with E-state index in [1.165, 1.54) is 42.5 Å². The minimum absolute atomic E-state index is 0.0519. The van der Waals surface area contributed by atoms with Gasteiger partial charge < -0.3 is 0 Å². The molecule has 0 aliphatic rings. The fourth-order valence-corrected chi connectivity index (χ4v) is 4.93. The molecule has 3 rings (SSSR count). The van der Waals surface area contributed by atoms with E-state index in [0.29, 0.717) is 0 Å². The number of unbranched alkanes of at least 4 members (excludes halogenated alkanes) is 2. The molecule has 0 radical (unpaired) electrons. The van der Waals surface area contributed by atoms with Crippen LogP contribution in [0.4, 0.5) is 0 Å². The summed E-state index contributed by atoms with van der Waals surface area (Å²) in [7, 11) is 0. The second-order valence-electron chi connectivity index (χ2n) is 12.3. The second-order valence-corrected chi connectivity index (χ2v) is 12.3. The van der Waals surface area contributed by atoms with E-state index in [2.05, 4.69) is 91.3 Å². The number of benzene rings is 1. The molecule has 1 aromatic carbocycles. The van der Waals surface area contributed by atoms with Crippen LogP contribution in [0, 0.1) is 0 Å². The summed E-state index contributed by atoms with van der Waals surface area (Å²) >= 11 is 0. The van der Waals surface area contributed by atoms with Crippen molar-refractivity contribution in [3.05, 3.63) is 59.9 Å². The zero-order valence-corrected chi connectivity index (χ0v) is 23.6. The van der Waals surface area contributed by atoms with Gasteiger partial charge in [0.2, 0.25) is 0 Å². The fraction of sp³-hybridized carbons (Fsp3) is 0.581. The van der Waals surface area contributed by atoms with E-state index in [9.17, 15) is 0 Å². The quantitative estimate of drug-likeness (QED) is 0.295. The summed E-state index contributed by atoms with van der Waals surface area (Å²) in [6.45, 7) is 20.5. The van der Waals surface area contributed by atoms with Gasteiger partial charge in [0.1, 0.15) is 11.6 Å². The van der Waals surface area contributed by atoms with Gasteiger partial charge in [-0.2, -0.15) is 0 Å². The molecule has 0 saturated carbocycles. The Morgan fingerprint density at radius 1 is 0.743 bits per heavy atom. The van der Waals surface area contributed by atoms with Crippen LogP contribution < -0.4 is 0 Å². The van der Waals surface area contributed by atoms with Crippen molar-refractivity contribution in [2.45, 2.75) is 117 Å². The number of hydrogen-bond acceptors (Lipinski definition) is 3. The van der Waals surface area contributed by atoms with E-state index in [0.717, 1.165) is 30.1 Å². The number of hydrogen-bond donors (Lipinski definition) is 0. The normalized spacial score (nSPS) is 12.8. The standard InChI is InChI=1S/C31H46N4/c1-10-12-17-30(6,7)24-15-14-16-25(31(8,9)18-13-11-2)26(24)35-20-19-32-27(35)23-21-33-28(34-22-23)29(3,4)5/h14-16,19-22H,10-13,17-18H2,1-9H3. The molecule has 3 aromatic rings. The summed E-state index contributed by atoms with van der Waals surface area (Å²) in [6, 6.07) is 6.91. The van der Waals surface area contributed by atoms with Gasteiger partial charge in [-0.3, -0.25) is 4.57 Å². The van der Waals surface area contributed by atoms with Crippen molar-refractivity contribution in [1.82, 2.24) is 19.5 Å². The van der Waals surface area contributed by atoms with Crippen molar-refractivity contribution in [1.29, 1.82) is 0 Å². The molecule has 0 saturated heterocycles. The first kappa shape index (κ1) is 27.1. The molecular formula is C31H46N4. The molecule has 4 heteroatoms. The molecule has 4 nitrogen and oxygen atoms in total. The molecule has 0 fully saturated rings. The highest BCUT2D eigenvalue weighted by Gasteiger charge is 2.31. The van der Waals surface area contributed by atoms with Crippen molar-refractivity contribution >= 4 is 0 Å². The number of para-hydroxylation sites is 1. The summed E-state index contributed by atoms with van der Waals surface area (Å²) in [4.78, 5) is 14.2. The first-order valence-corrected chi connectivity index (χ1v) is 13.4. The molecule has 0 amide bonds. The highest BCUT2D eigenvalue weighted by molar-refractivity contribution is 5.62. The van der Waals surface area contributed by atoms with E-state index in [4.69, 9.17) is 15.0 Å². The number of aromatic nitrogens is 4. The Labute approximate surface area is 213 Å². The topological polar surface area (TPSA) is 43.6 Å². The molecule has 0 bridgehead atoms. The summed E-state index contributed by atoms with van der Waals surface area (Å²) < 4.78 is 2.29. The largest absolute Gasteiger partial charge is 0.299 e. The molecular weight excluding hydrogens is 428 g/mol. The van der Waals surface area contributed by atoms with Crippen LogP contribution >= 0.6 is 0 Å². The molecule has 35 heavy (non-hydrogen) atoms. The lowest BCUT2D eigenvalue weighted by Gasteiger charge is -2.34. The van der Waals surface area contributed by atoms with Crippen molar-refractivity contribution in [3.8, 4) is 17.1 Å². The molecule has 0 N–H and O–H groups in total. The van der Waals surface area contributed by atoms with Gasteiger partial charge in [0.15, 0.2) is 0 Å². The van der Waals surface area contributed by atoms with Crippen molar-refractivity contribution in [3.63, 3.8) is 0 Å². The average molecular weight is 475 g/mol. The lowest BCUT2D eigenvalue weighted by Crippen LogP contribution is -2.26. The summed E-state index contributed by atoms with van der Waals surface area (Å²) in [5, 5.41) is 0. The third-order valence-corrected chi connectivity index (χ3v) is 7.27. The Morgan fingerprint density at radius 3 is 1.71 bits per heavy atom. The summed E-state index contributed by atoms with van der Waals surface area (Å²) in [5.74, 6) is 1.75. The maximum absolute atomic E-state index is 4.81. The molecule has 0 atom stereocenters. The summed E-state index contributed by atoms with van der Waals surface area (Å²) in [6.07, 6.45) is 15.0. The van der Waals surface area contributed by atoms with Crippen LogP contribution in [0.3, 0.4) is 0 Å². The first-order chi connectivity index (χ1) is 16.4. The zero-order valence-electron chi connectivity index (χ0n) is 23.6. The first-order valence-electron chi connectivity index (χ1n) is 13.4. The van der Waals surface area contributed by atoms with Crippen LogP contribution in [0.25, 0.3) is 17.1 Å². The molecule has 2 aromatic heterocycles. The van der Waals surface area contributed by atoms with Gasteiger partial charge in [-0.15, -0.1) is 0 Å². The molecule has 0 aliphatic carbocycles. The third kappa shape index (κ3) is 6.02. The van der Waals surface area contributed by atoms with Crippen LogP contribution in [0.2, 0.25) is 0 Å².